The monoisotopic (exact) mass is 621 g/mol. The first-order valence-electron chi connectivity index (χ1n) is 10.5. The van der Waals surface area contributed by atoms with E-state index in [0.717, 1.165) is 0 Å². The van der Waals surface area contributed by atoms with Crippen LogP contribution in [0.5, 0.6) is 17.2 Å². The molecule has 3 rings (SSSR count). The van der Waals surface area contributed by atoms with Gasteiger partial charge in [-0.05, 0) is 70.5 Å². The minimum absolute atomic E-state index is 0.0641. The Morgan fingerprint density at radius 3 is 2.13 bits per heavy atom. The third kappa shape index (κ3) is 6.86. The molecule has 38 heavy (non-hydrogen) atoms. The van der Waals surface area contributed by atoms with E-state index in [1.54, 1.807) is 30.3 Å². The fourth-order valence-corrected chi connectivity index (χ4v) is 5.12. The number of rotatable bonds is 10. The number of methoxy groups -OCH3 is 3. The molecular formula is C24H21BrClN5O6S. The summed E-state index contributed by atoms with van der Waals surface area (Å²) >= 11 is 9.37. The number of anilines is 3. The Morgan fingerprint density at radius 2 is 1.53 bits per heavy atom. The van der Waals surface area contributed by atoms with Gasteiger partial charge in [0, 0.05) is 5.69 Å². The zero-order chi connectivity index (χ0) is 27.9. The van der Waals surface area contributed by atoms with Gasteiger partial charge in [-0.3, -0.25) is 14.9 Å². The van der Waals surface area contributed by atoms with Crippen molar-refractivity contribution >= 4 is 66.2 Å². The second-order valence-electron chi connectivity index (χ2n) is 7.31. The first-order chi connectivity index (χ1) is 18.1. The third-order valence-corrected chi connectivity index (χ3v) is 7.20. The Morgan fingerprint density at radius 1 is 0.921 bits per heavy atom. The number of hydrogen-bond acceptors (Lipinski definition) is 9. The molecule has 0 unspecified atom stereocenters. The lowest BCUT2D eigenvalue weighted by molar-refractivity contribution is -0.110. The van der Waals surface area contributed by atoms with Crippen molar-refractivity contribution in [3.05, 3.63) is 64.1 Å². The molecule has 3 N–H and O–H groups in total. The maximum atomic E-state index is 13.1. The Hall–Kier alpha value is -3.99. The molecule has 0 aromatic heterocycles. The molecule has 14 heteroatoms. The Labute approximate surface area is 232 Å². The van der Waals surface area contributed by atoms with Gasteiger partial charge in [0.25, 0.3) is 15.9 Å². The van der Waals surface area contributed by atoms with Gasteiger partial charge in [-0.15, -0.1) is 0 Å². The minimum Gasteiger partial charge on any atom is -0.496 e. The SMILES string of the molecule is COc1ccc(NC(=O)C(C#N)=NNc2ccc(OC)c(S(=O)(=O)Nc3ccc(OC)c(Br)c3)c2)cc1Cl. The molecule has 3 aromatic rings. The van der Waals surface area contributed by atoms with Crippen LogP contribution in [0, 0.1) is 11.3 Å². The summed E-state index contributed by atoms with van der Waals surface area (Å²) < 4.78 is 44.7. The van der Waals surface area contributed by atoms with E-state index >= 15 is 0 Å². The van der Waals surface area contributed by atoms with Crippen LogP contribution in [0.15, 0.2) is 69.1 Å². The molecule has 3 aromatic carbocycles. The zero-order valence-electron chi connectivity index (χ0n) is 20.2. The first-order valence-corrected chi connectivity index (χ1v) is 13.2. The van der Waals surface area contributed by atoms with Crippen molar-refractivity contribution in [2.75, 3.05) is 36.8 Å². The van der Waals surface area contributed by atoms with E-state index in [1.165, 1.54) is 51.7 Å². The Kier molecular flexibility index (Phi) is 9.40. The van der Waals surface area contributed by atoms with Crippen molar-refractivity contribution in [1.82, 2.24) is 0 Å². The molecular weight excluding hydrogens is 602 g/mol. The number of amides is 1. The number of hydrogen-bond donors (Lipinski definition) is 3. The fourth-order valence-electron chi connectivity index (χ4n) is 3.08. The molecule has 0 saturated heterocycles. The highest BCUT2D eigenvalue weighted by Crippen LogP contribution is 2.32. The second-order valence-corrected chi connectivity index (χ2v) is 10.2. The summed E-state index contributed by atoms with van der Waals surface area (Å²) in [4.78, 5) is 12.3. The average molecular weight is 623 g/mol. The summed E-state index contributed by atoms with van der Waals surface area (Å²) in [6.45, 7) is 0. The van der Waals surface area contributed by atoms with Crippen molar-refractivity contribution in [1.29, 1.82) is 5.26 Å². The lowest BCUT2D eigenvalue weighted by Gasteiger charge is -2.14. The van der Waals surface area contributed by atoms with Gasteiger partial charge in [-0.2, -0.15) is 10.4 Å². The van der Waals surface area contributed by atoms with Crippen LogP contribution in [0.3, 0.4) is 0 Å². The molecule has 198 valence electrons. The van der Waals surface area contributed by atoms with Crippen LogP contribution in [0.4, 0.5) is 17.1 Å². The number of benzene rings is 3. The highest BCUT2D eigenvalue weighted by molar-refractivity contribution is 9.10. The highest BCUT2D eigenvalue weighted by atomic mass is 79.9. The Bertz CT molecular complexity index is 1540. The second kappa shape index (κ2) is 12.5. The average Bonchev–Trinajstić information content (AvgIpc) is 2.89. The van der Waals surface area contributed by atoms with Gasteiger partial charge < -0.3 is 19.5 Å². The molecule has 0 aliphatic rings. The van der Waals surface area contributed by atoms with E-state index < -0.39 is 21.6 Å². The van der Waals surface area contributed by atoms with Crippen molar-refractivity contribution < 1.29 is 27.4 Å². The molecule has 0 heterocycles. The van der Waals surface area contributed by atoms with E-state index in [0.29, 0.717) is 21.7 Å². The number of ether oxygens (including phenoxy) is 3. The lowest BCUT2D eigenvalue weighted by Crippen LogP contribution is -2.22. The molecule has 0 fully saturated rings. The van der Waals surface area contributed by atoms with Crippen LogP contribution in [0.1, 0.15) is 0 Å². The van der Waals surface area contributed by atoms with Crippen LogP contribution in [0.2, 0.25) is 5.02 Å². The molecule has 0 aliphatic heterocycles. The van der Waals surface area contributed by atoms with Crippen molar-refractivity contribution in [3.8, 4) is 23.3 Å². The van der Waals surface area contributed by atoms with E-state index in [2.05, 4.69) is 36.5 Å². The quantitative estimate of drug-likeness (QED) is 0.214. The topological polar surface area (TPSA) is 151 Å². The number of hydrazone groups is 1. The molecule has 0 atom stereocenters. The van der Waals surface area contributed by atoms with Gasteiger partial charge in [0.2, 0.25) is 5.71 Å². The first kappa shape index (κ1) is 28.6. The molecule has 11 nitrogen and oxygen atoms in total. The standard InChI is InChI=1S/C24H21BrClN5O6S/c1-35-20-7-6-16(10-17(20)25)31-38(33,34)23-12-15(5-9-22(23)37-3)29-30-19(13-27)24(32)28-14-4-8-21(36-2)18(26)11-14/h4-12,29,31H,1-3H3,(H,28,32). The molecule has 0 bridgehead atoms. The molecule has 0 saturated carbocycles. The maximum absolute atomic E-state index is 13.1. The smallest absolute Gasteiger partial charge is 0.287 e. The van der Waals surface area contributed by atoms with Crippen LogP contribution in [0.25, 0.3) is 0 Å². The predicted molar refractivity (Wildman–Crippen MR) is 148 cm³/mol. The fraction of sp³-hybridized carbons (Fsp3) is 0.125. The maximum Gasteiger partial charge on any atom is 0.287 e. The summed E-state index contributed by atoms with van der Waals surface area (Å²) in [5, 5.41) is 16.0. The van der Waals surface area contributed by atoms with Crippen LogP contribution in [-0.4, -0.2) is 41.4 Å². The largest absolute Gasteiger partial charge is 0.496 e. The van der Waals surface area contributed by atoms with E-state index in [4.69, 9.17) is 25.8 Å². The number of carbonyl (C=O) groups is 1. The molecule has 0 spiro atoms. The summed E-state index contributed by atoms with van der Waals surface area (Å²) in [6, 6.07) is 15.0. The normalized spacial score (nSPS) is 11.2. The van der Waals surface area contributed by atoms with E-state index in [9.17, 15) is 18.5 Å². The van der Waals surface area contributed by atoms with Crippen LogP contribution >= 0.6 is 27.5 Å². The zero-order valence-corrected chi connectivity index (χ0v) is 23.4. The summed E-state index contributed by atoms with van der Waals surface area (Å²) in [5.74, 6) is 0.200. The van der Waals surface area contributed by atoms with Gasteiger partial charge in [-0.25, -0.2) is 8.42 Å². The van der Waals surface area contributed by atoms with Gasteiger partial charge in [0.15, 0.2) is 0 Å². The minimum atomic E-state index is -4.12. The highest BCUT2D eigenvalue weighted by Gasteiger charge is 2.21. The van der Waals surface area contributed by atoms with Gasteiger partial charge in [0.1, 0.15) is 28.2 Å². The van der Waals surface area contributed by atoms with Crippen molar-refractivity contribution in [3.63, 3.8) is 0 Å². The lowest BCUT2D eigenvalue weighted by atomic mass is 10.3. The van der Waals surface area contributed by atoms with Crippen LogP contribution < -0.4 is 29.7 Å². The number of nitrogens with zero attached hydrogens (tertiary/aromatic N) is 2. The molecule has 0 aliphatic carbocycles. The number of halogens is 2. The van der Waals surface area contributed by atoms with Crippen molar-refractivity contribution in [2.45, 2.75) is 4.90 Å². The number of nitrogens with one attached hydrogen (secondary N) is 3. The number of carbonyl (C=O) groups excluding carboxylic acids is 1. The summed E-state index contributed by atoms with van der Waals surface area (Å²) in [6.07, 6.45) is 0. The summed E-state index contributed by atoms with van der Waals surface area (Å²) in [7, 11) is 0.154. The number of sulfonamides is 1. The van der Waals surface area contributed by atoms with Crippen LogP contribution in [-0.2, 0) is 14.8 Å². The number of nitriles is 1. The van der Waals surface area contributed by atoms with E-state index in [1.807, 2.05) is 0 Å². The third-order valence-electron chi connectivity index (χ3n) is 4.88. The molecule has 0 radical (unpaired) electrons. The Balaban J connectivity index is 1.82. The predicted octanol–water partition coefficient (Wildman–Crippen LogP) is 4.86. The van der Waals surface area contributed by atoms with E-state index in [-0.39, 0.29) is 27.0 Å². The van der Waals surface area contributed by atoms with Gasteiger partial charge in [-0.1, -0.05) is 11.6 Å². The van der Waals surface area contributed by atoms with Crippen molar-refractivity contribution in [2.24, 2.45) is 5.10 Å². The molecule has 1 amide bonds. The summed E-state index contributed by atoms with van der Waals surface area (Å²) in [5.41, 5.74) is 2.78. The van der Waals surface area contributed by atoms with Gasteiger partial charge >= 0.3 is 0 Å². The van der Waals surface area contributed by atoms with Gasteiger partial charge in [0.05, 0.1) is 42.2 Å².